The Balaban J connectivity index is 1.19. The van der Waals surface area contributed by atoms with E-state index >= 15 is 0 Å². The van der Waals surface area contributed by atoms with Gasteiger partial charge in [0.15, 0.2) is 0 Å². The molecule has 4 aromatic heterocycles. The number of aromatic nitrogens is 7. The monoisotopic (exact) mass is 937 g/mol. The van der Waals surface area contributed by atoms with E-state index in [0.29, 0.717) is 40.0 Å². The van der Waals surface area contributed by atoms with Gasteiger partial charge in [0.25, 0.3) is 6.33 Å². The second kappa shape index (κ2) is 17.3. The lowest BCUT2D eigenvalue weighted by Crippen LogP contribution is -2.31. The molecule has 0 aliphatic rings. The van der Waals surface area contributed by atoms with Gasteiger partial charge < -0.3 is 0 Å². The minimum atomic E-state index is -0.576. The molecule has 350 valence electrons. The number of para-hydroxylation sites is 4. The van der Waals surface area contributed by atoms with Crippen LogP contribution >= 0.6 is 0 Å². The second-order valence-electron chi connectivity index (χ2n) is 20.8. The third kappa shape index (κ3) is 8.33. The van der Waals surface area contributed by atoms with E-state index < -0.39 is 71.3 Å². The third-order valence-electron chi connectivity index (χ3n) is 12.6. The Bertz CT molecular complexity index is 4220. The van der Waals surface area contributed by atoms with Crippen molar-refractivity contribution in [3.05, 3.63) is 211 Å². The summed E-state index contributed by atoms with van der Waals surface area (Å²) in [6.07, 6.45) is 5.40. The van der Waals surface area contributed by atoms with Crippen LogP contribution in [0.3, 0.4) is 0 Å². The van der Waals surface area contributed by atoms with Crippen LogP contribution in [0.25, 0.3) is 72.3 Å². The molecule has 11 rings (SSSR count). The standard InChI is InChI=1S/C63H58N8/c1-61(2,3)44-36-37-64-56(38-44)71-52-31-17-16-28-50(52)51-35-34-47(40-55(51)71)70(60-66-58(62(4,5)6)65-59(67-60)63(7,8)9)46-27-20-26-45(39-46)68-41-69(54-33-19-18-32-53(54)68)57-48(42-22-12-10-13-23-42)29-21-30-49(57)43-24-14-11-15-25-43/h10-40H,1-9H3/i10D,11D,12D,13D,14D,15D,22D,23D,24D,25D. The van der Waals surface area contributed by atoms with E-state index in [1.54, 1.807) is 22.8 Å². The summed E-state index contributed by atoms with van der Waals surface area (Å²) in [7, 11) is 0. The van der Waals surface area contributed by atoms with Crippen LogP contribution in [-0.2, 0) is 16.2 Å². The third-order valence-corrected chi connectivity index (χ3v) is 12.6. The minimum Gasteiger partial charge on any atom is -0.294 e. The quantitative estimate of drug-likeness (QED) is 0.112. The number of hydrogen-bond donors (Lipinski definition) is 0. The Morgan fingerprint density at radius 2 is 1.13 bits per heavy atom. The maximum Gasteiger partial charge on any atom is 0.269 e. The molecule has 8 heteroatoms. The van der Waals surface area contributed by atoms with Crippen LogP contribution in [0.2, 0.25) is 0 Å². The van der Waals surface area contributed by atoms with Gasteiger partial charge in [-0.05, 0) is 81.8 Å². The first kappa shape index (κ1) is 35.0. The second-order valence-corrected chi connectivity index (χ2v) is 20.8. The van der Waals surface area contributed by atoms with Crippen molar-refractivity contribution in [2.75, 3.05) is 4.90 Å². The zero-order valence-corrected chi connectivity index (χ0v) is 41.2. The van der Waals surface area contributed by atoms with Crippen LogP contribution < -0.4 is 9.47 Å². The number of pyridine rings is 1. The summed E-state index contributed by atoms with van der Waals surface area (Å²) >= 11 is 0. The molecule has 11 aromatic rings. The Morgan fingerprint density at radius 1 is 0.535 bits per heavy atom. The van der Waals surface area contributed by atoms with Crippen molar-refractivity contribution in [2.45, 2.75) is 78.6 Å². The molecule has 71 heavy (non-hydrogen) atoms. The van der Waals surface area contributed by atoms with Gasteiger partial charge in [0.1, 0.15) is 17.5 Å². The molecule has 0 atom stereocenters. The number of nitrogens with zero attached hydrogens (tertiary/aromatic N) is 8. The lowest BCUT2D eigenvalue weighted by molar-refractivity contribution is -0.571. The number of hydrogen-bond acceptors (Lipinski definition) is 5. The Kier molecular flexibility index (Phi) is 8.53. The van der Waals surface area contributed by atoms with E-state index in [4.69, 9.17) is 28.2 Å². The maximum atomic E-state index is 9.17. The Hall–Kier alpha value is -8.23. The van der Waals surface area contributed by atoms with Crippen molar-refractivity contribution in [2.24, 2.45) is 0 Å². The molecule has 4 heterocycles. The van der Waals surface area contributed by atoms with Crippen molar-refractivity contribution in [1.29, 1.82) is 0 Å². The van der Waals surface area contributed by atoms with Gasteiger partial charge in [-0.15, -0.1) is 0 Å². The van der Waals surface area contributed by atoms with Crippen molar-refractivity contribution in [1.82, 2.24) is 29.1 Å². The SMILES string of the molecule is [2H]c1c([2H])c([2H])c(-c2cccc(-c3c([2H])c([2H])c([2H])c([2H])c3[2H])c2-[n+]2[c-]n(-c3cccc(N(c4ccc5c6ccccc6n(-c6cc(C(C)(C)C)ccn6)c5c4)c4nc(C(C)(C)C)nc(C(C)(C)C)n4)c3)c3ccccc32)c([2H])c1[2H]. The minimum absolute atomic E-state index is 0.139. The van der Waals surface area contributed by atoms with Crippen LogP contribution in [0.5, 0.6) is 0 Å². The van der Waals surface area contributed by atoms with Crippen molar-refractivity contribution >= 4 is 50.2 Å². The Morgan fingerprint density at radius 3 is 1.77 bits per heavy atom. The number of rotatable bonds is 8. The van der Waals surface area contributed by atoms with Gasteiger partial charge in [-0.2, -0.15) is 9.97 Å². The molecule has 0 spiro atoms. The van der Waals surface area contributed by atoms with Gasteiger partial charge in [-0.3, -0.25) is 18.6 Å². The lowest BCUT2D eigenvalue weighted by Gasteiger charge is -2.28. The van der Waals surface area contributed by atoms with Crippen LogP contribution in [0.1, 0.15) is 93.2 Å². The van der Waals surface area contributed by atoms with Gasteiger partial charge in [-0.25, -0.2) is 9.97 Å². The highest BCUT2D eigenvalue weighted by molar-refractivity contribution is 6.10. The summed E-state index contributed by atoms with van der Waals surface area (Å²) in [5, 5.41) is 2.09. The van der Waals surface area contributed by atoms with Crippen LogP contribution in [0.4, 0.5) is 17.3 Å². The number of fused-ring (bicyclic) bond motifs is 4. The molecule has 0 radical (unpaired) electrons. The van der Waals surface area contributed by atoms with Gasteiger partial charge in [-0.1, -0.05) is 196 Å². The van der Waals surface area contributed by atoms with Gasteiger partial charge in [0.05, 0.1) is 52.8 Å². The molecule has 0 saturated carbocycles. The lowest BCUT2D eigenvalue weighted by atomic mass is 9.88. The molecular weight excluding hydrogens is 869 g/mol. The fourth-order valence-corrected chi connectivity index (χ4v) is 9.01. The largest absolute Gasteiger partial charge is 0.294 e. The molecule has 0 aliphatic heterocycles. The first-order valence-corrected chi connectivity index (χ1v) is 23.7. The molecule has 7 aromatic carbocycles. The predicted octanol–water partition coefficient (Wildman–Crippen LogP) is 15.1. The fourth-order valence-electron chi connectivity index (χ4n) is 9.01. The van der Waals surface area contributed by atoms with E-state index in [1.165, 1.54) is 0 Å². The van der Waals surface area contributed by atoms with E-state index in [2.05, 4.69) is 116 Å². The number of imidazole rings is 1. The zero-order chi connectivity index (χ0) is 57.9. The van der Waals surface area contributed by atoms with E-state index in [-0.39, 0.29) is 33.4 Å². The van der Waals surface area contributed by atoms with Crippen LogP contribution in [0, 0.1) is 6.33 Å². The van der Waals surface area contributed by atoms with E-state index in [0.717, 1.165) is 38.9 Å². The molecule has 0 fully saturated rings. The van der Waals surface area contributed by atoms with Crippen molar-refractivity contribution in [3.8, 4) is 39.4 Å². The summed E-state index contributed by atoms with van der Waals surface area (Å²) in [5.41, 5.74) is 5.34. The van der Waals surface area contributed by atoms with E-state index in [1.807, 2.05) is 76.3 Å². The molecule has 0 N–H and O–H groups in total. The summed E-state index contributed by atoms with van der Waals surface area (Å²) in [5.74, 6) is 2.38. The van der Waals surface area contributed by atoms with Gasteiger partial charge in [0.2, 0.25) is 5.95 Å². The molecule has 0 saturated heterocycles. The molecule has 8 nitrogen and oxygen atoms in total. The molecule has 0 unspecified atom stereocenters. The van der Waals surface area contributed by atoms with Crippen LogP contribution in [-0.4, -0.2) is 29.1 Å². The molecule has 0 amide bonds. The summed E-state index contributed by atoms with van der Waals surface area (Å²) in [4.78, 5) is 22.6. The van der Waals surface area contributed by atoms with Gasteiger partial charge in [0, 0.05) is 33.5 Å². The highest BCUT2D eigenvalue weighted by Gasteiger charge is 2.29. The van der Waals surface area contributed by atoms with Crippen molar-refractivity contribution in [3.63, 3.8) is 0 Å². The van der Waals surface area contributed by atoms with Crippen LogP contribution in [0.15, 0.2) is 188 Å². The number of anilines is 3. The topological polar surface area (TPSA) is 68.5 Å². The average molecular weight is 937 g/mol. The predicted molar refractivity (Wildman–Crippen MR) is 291 cm³/mol. The van der Waals surface area contributed by atoms with E-state index in [9.17, 15) is 5.48 Å². The summed E-state index contributed by atoms with van der Waals surface area (Å²) in [6.45, 7) is 19.0. The zero-order valence-electron chi connectivity index (χ0n) is 51.2. The number of benzene rings is 7. The van der Waals surface area contributed by atoms with Gasteiger partial charge >= 0.3 is 0 Å². The fraction of sp³-hybridized carbons (Fsp3) is 0.190. The summed E-state index contributed by atoms with van der Waals surface area (Å²) in [6, 6.07) is 33.6. The van der Waals surface area contributed by atoms with Crippen molar-refractivity contribution < 1.29 is 18.3 Å². The smallest absolute Gasteiger partial charge is 0.269 e. The molecule has 0 aliphatic carbocycles. The first-order valence-electron chi connectivity index (χ1n) is 28.7. The highest BCUT2D eigenvalue weighted by Crippen LogP contribution is 2.41. The first-order chi connectivity index (χ1) is 38.3. The normalized spacial score (nSPS) is 14.3. The molecule has 0 bridgehead atoms. The molecular formula is C63H58N8. The highest BCUT2D eigenvalue weighted by atomic mass is 15.3. The average Bonchev–Trinajstić information content (AvgIpc) is 4.25. The Labute approximate surface area is 430 Å². The maximum absolute atomic E-state index is 9.17. The summed E-state index contributed by atoms with van der Waals surface area (Å²) < 4.78 is 94.1.